The fourth-order valence-electron chi connectivity index (χ4n) is 1.02. The maximum Gasteiger partial charge on any atom is 0.241 e. The predicted molar refractivity (Wildman–Crippen MR) is 62.3 cm³/mol. The minimum atomic E-state index is -1.44. The van der Waals surface area contributed by atoms with E-state index in [0.29, 0.717) is 0 Å². The van der Waals surface area contributed by atoms with Crippen LogP contribution in [0.25, 0.3) is 0 Å². The van der Waals surface area contributed by atoms with Gasteiger partial charge in [0.1, 0.15) is 0 Å². The third-order valence-electron chi connectivity index (χ3n) is 1.54. The molecule has 0 rings (SSSR count). The van der Waals surface area contributed by atoms with Gasteiger partial charge in [0.05, 0.1) is 5.76 Å². The second kappa shape index (κ2) is 4.31. The van der Waals surface area contributed by atoms with Crippen molar-refractivity contribution in [1.29, 1.82) is 0 Å². The molecule has 0 fully saturated rings. The highest BCUT2D eigenvalue weighted by Gasteiger charge is 2.24. The van der Waals surface area contributed by atoms with Crippen molar-refractivity contribution < 1.29 is 4.43 Å². The maximum atomic E-state index is 6.04. The molecule has 0 spiro atoms. The van der Waals surface area contributed by atoms with Crippen molar-refractivity contribution >= 4 is 8.32 Å². The van der Waals surface area contributed by atoms with Crippen LogP contribution in [0, 0.1) is 5.41 Å². The molecule has 0 bridgehead atoms. The zero-order valence-corrected chi connectivity index (χ0v) is 11.2. The van der Waals surface area contributed by atoms with Crippen molar-refractivity contribution in [2.24, 2.45) is 5.41 Å². The summed E-state index contributed by atoms with van der Waals surface area (Å²) in [7, 11) is -1.44. The largest absolute Gasteiger partial charge is 0.547 e. The Labute approximate surface area is 84.3 Å². The van der Waals surface area contributed by atoms with Gasteiger partial charge in [-0.15, -0.1) is 0 Å². The fourth-order valence-corrected chi connectivity index (χ4v) is 2.07. The molecule has 0 aliphatic carbocycles. The summed E-state index contributed by atoms with van der Waals surface area (Å²) in [5.74, 6) is 1.16. The molecule has 0 saturated heterocycles. The molecule has 0 N–H and O–H groups in total. The van der Waals surface area contributed by atoms with Gasteiger partial charge in [-0.05, 0) is 32.1 Å². The lowest BCUT2D eigenvalue weighted by Gasteiger charge is -2.30. The van der Waals surface area contributed by atoms with Gasteiger partial charge in [0.15, 0.2) is 0 Å². The lowest BCUT2D eigenvalue weighted by atomic mass is 9.93. The van der Waals surface area contributed by atoms with Crippen LogP contribution in [0.2, 0.25) is 19.6 Å². The Morgan fingerprint density at radius 1 is 1.23 bits per heavy atom. The zero-order chi connectivity index (χ0) is 10.7. The molecule has 0 aromatic carbocycles. The molecule has 78 valence electrons. The Hall–Kier alpha value is -0.243. The average molecular weight is 200 g/mol. The Kier molecular flexibility index (Phi) is 4.23. The molecule has 0 amide bonds. The summed E-state index contributed by atoms with van der Waals surface area (Å²) in [6, 6.07) is 0. The van der Waals surface area contributed by atoms with E-state index in [-0.39, 0.29) is 5.41 Å². The highest BCUT2D eigenvalue weighted by molar-refractivity contribution is 6.70. The molecule has 0 aliphatic heterocycles. The van der Waals surface area contributed by atoms with E-state index < -0.39 is 8.32 Å². The Bertz CT molecular complexity index is 181. The molecule has 2 heteroatoms. The van der Waals surface area contributed by atoms with E-state index in [4.69, 9.17) is 4.43 Å². The van der Waals surface area contributed by atoms with Gasteiger partial charge in [-0.3, -0.25) is 0 Å². The second-order valence-corrected chi connectivity index (χ2v) is 9.87. The lowest BCUT2D eigenvalue weighted by Crippen LogP contribution is -2.29. The minimum absolute atomic E-state index is 0.149. The molecule has 13 heavy (non-hydrogen) atoms. The summed E-state index contributed by atoms with van der Waals surface area (Å²) in [6.07, 6.45) is 3.26. The molecule has 0 heterocycles. The SMILES string of the molecule is CC/C=C(\O[Si](C)(C)C)C(C)(C)C. The number of hydrogen-bond donors (Lipinski definition) is 0. The van der Waals surface area contributed by atoms with E-state index in [1.54, 1.807) is 0 Å². The van der Waals surface area contributed by atoms with Crippen molar-refractivity contribution in [3.05, 3.63) is 11.8 Å². The third-order valence-corrected chi connectivity index (χ3v) is 2.38. The molecule has 0 radical (unpaired) electrons. The second-order valence-electron chi connectivity index (χ2n) is 5.44. The van der Waals surface area contributed by atoms with E-state index in [0.717, 1.165) is 12.2 Å². The van der Waals surface area contributed by atoms with E-state index >= 15 is 0 Å². The first kappa shape index (κ1) is 12.8. The van der Waals surface area contributed by atoms with Gasteiger partial charge >= 0.3 is 0 Å². The smallest absolute Gasteiger partial charge is 0.241 e. The van der Waals surface area contributed by atoms with Gasteiger partial charge in [-0.25, -0.2) is 0 Å². The van der Waals surface area contributed by atoms with E-state index in [9.17, 15) is 0 Å². The van der Waals surface area contributed by atoms with E-state index in [2.05, 4.69) is 53.4 Å². The number of allylic oxidation sites excluding steroid dienone is 2. The van der Waals surface area contributed by atoms with Crippen LogP contribution in [-0.4, -0.2) is 8.32 Å². The minimum Gasteiger partial charge on any atom is -0.547 e. The predicted octanol–water partition coefficient (Wildman–Crippen LogP) is 4.18. The van der Waals surface area contributed by atoms with Gasteiger partial charge in [0.25, 0.3) is 0 Å². The van der Waals surface area contributed by atoms with Crippen LogP contribution in [0.15, 0.2) is 11.8 Å². The Morgan fingerprint density at radius 2 is 1.69 bits per heavy atom. The summed E-state index contributed by atoms with van der Waals surface area (Å²) in [5, 5.41) is 0. The van der Waals surface area contributed by atoms with Crippen LogP contribution in [0.5, 0.6) is 0 Å². The van der Waals surface area contributed by atoms with Crippen molar-refractivity contribution in [3.8, 4) is 0 Å². The maximum absolute atomic E-state index is 6.04. The molecule has 0 saturated carbocycles. The summed E-state index contributed by atoms with van der Waals surface area (Å²) in [4.78, 5) is 0. The monoisotopic (exact) mass is 200 g/mol. The molecular weight excluding hydrogens is 176 g/mol. The van der Waals surface area contributed by atoms with E-state index in [1.165, 1.54) is 0 Å². The van der Waals surface area contributed by atoms with Crippen LogP contribution in [-0.2, 0) is 4.43 Å². The van der Waals surface area contributed by atoms with Gasteiger partial charge in [-0.1, -0.05) is 27.7 Å². The van der Waals surface area contributed by atoms with Crippen LogP contribution in [0.4, 0.5) is 0 Å². The normalized spacial score (nSPS) is 14.5. The van der Waals surface area contributed by atoms with Crippen LogP contribution in [0.1, 0.15) is 34.1 Å². The van der Waals surface area contributed by atoms with Crippen LogP contribution in [0.3, 0.4) is 0 Å². The molecular formula is C11H24OSi. The summed E-state index contributed by atoms with van der Waals surface area (Å²) < 4.78 is 6.04. The Balaban J connectivity index is 4.57. The quantitative estimate of drug-likeness (QED) is 0.490. The lowest BCUT2D eigenvalue weighted by molar-refractivity contribution is 0.287. The van der Waals surface area contributed by atoms with Gasteiger partial charge in [-0.2, -0.15) is 0 Å². The zero-order valence-electron chi connectivity index (χ0n) is 10.2. The first-order valence-corrected chi connectivity index (χ1v) is 8.47. The highest BCUT2D eigenvalue weighted by Crippen LogP contribution is 2.29. The first-order chi connectivity index (χ1) is 5.67. The van der Waals surface area contributed by atoms with Crippen molar-refractivity contribution in [2.75, 3.05) is 0 Å². The molecule has 0 aromatic rings. The molecule has 0 aromatic heterocycles. The standard InChI is InChI=1S/C11H24OSi/c1-8-9-10(11(2,3)4)12-13(5,6)7/h9H,8H2,1-7H3/b10-9-. The van der Waals surface area contributed by atoms with E-state index in [1.807, 2.05) is 0 Å². The summed E-state index contributed by atoms with van der Waals surface area (Å²) in [6.45, 7) is 15.4. The molecule has 0 unspecified atom stereocenters. The molecule has 0 atom stereocenters. The number of hydrogen-bond acceptors (Lipinski definition) is 1. The van der Waals surface area contributed by atoms with Crippen LogP contribution < -0.4 is 0 Å². The Morgan fingerprint density at radius 3 is 1.92 bits per heavy atom. The fraction of sp³-hybridized carbons (Fsp3) is 0.818. The summed E-state index contributed by atoms with van der Waals surface area (Å²) >= 11 is 0. The third kappa shape index (κ3) is 5.91. The average Bonchev–Trinajstić information content (AvgIpc) is 1.81. The first-order valence-electron chi connectivity index (χ1n) is 5.06. The van der Waals surface area contributed by atoms with Crippen molar-refractivity contribution in [1.82, 2.24) is 0 Å². The van der Waals surface area contributed by atoms with Gasteiger partial charge in [0, 0.05) is 5.41 Å². The number of rotatable bonds is 3. The summed E-state index contributed by atoms with van der Waals surface area (Å²) in [5.41, 5.74) is 0.149. The highest BCUT2D eigenvalue weighted by atomic mass is 28.4. The topological polar surface area (TPSA) is 9.23 Å². The van der Waals surface area contributed by atoms with Gasteiger partial charge < -0.3 is 4.43 Å². The van der Waals surface area contributed by atoms with Crippen molar-refractivity contribution in [2.45, 2.75) is 53.8 Å². The molecule has 0 aliphatic rings. The molecule has 1 nitrogen and oxygen atoms in total. The van der Waals surface area contributed by atoms with Crippen LogP contribution >= 0.6 is 0 Å². The van der Waals surface area contributed by atoms with Crippen molar-refractivity contribution in [3.63, 3.8) is 0 Å². The van der Waals surface area contributed by atoms with Gasteiger partial charge in [0.2, 0.25) is 8.32 Å².